The van der Waals surface area contributed by atoms with Crippen molar-refractivity contribution in [3.63, 3.8) is 0 Å². The molecule has 134 valence electrons. The molecule has 0 aliphatic carbocycles. The normalized spacial score (nSPS) is 30.0. The predicted molar refractivity (Wildman–Crippen MR) is 82.0 cm³/mol. The maximum atomic E-state index is 12.0. The summed E-state index contributed by atoms with van der Waals surface area (Å²) in [7, 11) is 1.38. The van der Waals surface area contributed by atoms with E-state index in [1.165, 1.54) is 13.2 Å². The molecule has 2 rings (SSSR count). The largest absolute Gasteiger partial charge is 0.492 e. The fourth-order valence-corrected chi connectivity index (χ4v) is 2.52. The third kappa shape index (κ3) is 3.52. The number of aliphatic hydroxyl groups excluding tert-OH is 4. The number of carbonyl (C=O) groups excluding carboxylic acids is 1. The van der Waals surface area contributed by atoms with E-state index in [0.29, 0.717) is 5.56 Å². The molecule has 5 atom stereocenters. The van der Waals surface area contributed by atoms with Crippen molar-refractivity contribution in [2.75, 3.05) is 13.7 Å². The second kappa shape index (κ2) is 7.91. The van der Waals surface area contributed by atoms with Crippen molar-refractivity contribution in [1.29, 1.82) is 0 Å². The zero-order chi connectivity index (χ0) is 17.9. The SMILES string of the molecule is CCC(=O)c1cccc(OC2OC(CO)C(O)C(O)C2O)c1OC. The molecule has 5 unspecified atom stereocenters. The number of carbonyl (C=O) groups is 1. The van der Waals surface area contributed by atoms with Crippen molar-refractivity contribution < 1.29 is 39.4 Å². The van der Waals surface area contributed by atoms with Crippen LogP contribution in [0, 0.1) is 0 Å². The first-order valence-electron chi connectivity index (χ1n) is 7.61. The van der Waals surface area contributed by atoms with E-state index in [-0.39, 0.29) is 23.7 Å². The maximum Gasteiger partial charge on any atom is 0.229 e. The number of ether oxygens (including phenoxy) is 3. The molecule has 1 saturated heterocycles. The summed E-state index contributed by atoms with van der Waals surface area (Å²) >= 11 is 0. The van der Waals surface area contributed by atoms with Gasteiger partial charge in [0.1, 0.15) is 24.4 Å². The van der Waals surface area contributed by atoms with Gasteiger partial charge in [0.15, 0.2) is 17.3 Å². The molecular formula is C16H22O8. The van der Waals surface area contributed by atoms with E-state index in [1.54, 1.807) is 19.1 Å². The molecular weight excluding hydrogens is 320 g/mol. The zero-order valence-corrected chi connectivity index (χ0v) is 13.5. The molecule has 1 aliphatic rings. The smallest absolute Gasteiger partial charge is 0.229 e. The van der Waals surface area contributed by atoms with Crippen LogP contribution in [0.4, 0.5) is 0 Å². The molecule has 1 aromatic carbocycles. The van der Waals surface area contributed by atoms with Gasteiger partial charge in [-0.05, 0) is 12.1 Å². The Balaban J connectivity index is 2.28. The van der Waals surface area contributed by atoms with Crippen LogP contribution in [0.2, 0.25) is 0 Å². The van der Waals surface area contributed by atoms with Gasteiger partial charge in [-0.3, -0.25) is 4.79 Å². The number of methoxy groups -OCH3 is 1. The predicted octanol–water partition coefficient (Wildman–Crippen LogP) is -0.533. The summed E-state index contributed by atoms with van der Waals surface area (Å²) in [6.45, 7) is 1.16. The van der Waals surface area contributed by atoms with Gasteiger partial charge >= 0.3 is 0 Å². The lowest BCUT2D eigenvalue weighted by atomic mass is 9.99. The van der Waals surface area contributed by atoms with E-state index in [2.05, 4.69) is 0 Å². The van der Waals surface area contributed by atoms with Crippen LogP contribution in [-0.2, 0) is 4.74 Å². The van der Waals surface area contributed by atoms with Crippen LogP contribution in [-0.4, -0.2) is 70.6 Å². The minimum absolute atomic E-state index is 0.140. The van der Waals surface area contributed by atoms with Gasteiger partial charge in [-0.1, -0.05) is 13.0 Å². The minimum Gasteiger partial charge on any atom is -0.492 e. The molecule has 0 amide bonds. The minimum atomic E-state index is -1.55. The first-order valence-corrected chi connectivity index (χ1v) is 7.61. The topological polar surface area (TPSA) is 126 Å². The Labute approximate surface area is 139 Å². The third-order valence-corrected chi connectivity index (χ3v) is 3.90. The van der Waals surface area contributed by atoms with Crippen LogP contribution in [0.1, 0.15) is 23.7 Å². The first-order chi connectivity index (χ1) is 11.4. The van der Waals surface area contributed by atoms with Crippen LogP contribution in [0.3, 0.4) is 0 Å². The number of Topliss-reactive ketones (excluding diaryl/α,β-unsaturated/α-hetero) is 1. The van der Waals surface area contributed by atoms with Crippen molar-refractivity contribution in [2.24, 2.45) is 0 Å². The van der Waals surface area contributed by atoms with Gasteiger partial charge in [-0.2, -0.15) is 0 Å². The number of para-hydroxylation sites is 1. The molecule has 0 saturated carbocycles. The lowest BCUT2D eigenvalue weighted by Crippen LogP contribution is -2.60. The summed E-state index contributed by atoms with van der Waals surface area (Å²) in [5, 5.41) is 38.8. The van der Waals surface area contributed by atoms with Crippen molar-refractivity contribution >= 4 is 5.78 Å². The molecule has 0 aromatic heterocycles. The average Bonchev–Trinajstić information content (AvgIpc) is 2.61. The Morgan fingerprint density at radius 3 is 2.50 bits per heavy atom. The summed E-state index contributed by atoms with van der Waals surface area (Å²) in [6, 6.07) is 4.70. The Morgan fingerprint density at radius 1 is 1.21 bits per heavy atom. The molecule has 24 heavy (non-hydrogen) atoms. The lowest BCUT2D eigenvalue weighted by Gasteiger charge is -2.39. The lowest BCUT2D eigenvalue weighted by molar-refractivity contribution is -0.277. The van der Waals surface area contributed by atoms with Crippen molar-refractivity contribution in [2.45, 2.75) is 44.1 Å². The van der Waals surface area contributed by atoms with E-state index in [4.69, 9.17) is 14.2 Å². The standard InChI is InChI=1S/C16H22O8/c1-3-9(18)8-5-4-6-10(15(8)22-2)23-16-14(21)13(20)12(19)11(7-17)24-16/h4-6,11-14,16-17,19-21H,3,7H2,1-2H3. The van der Waals surface area contributed by atoms with Gasteiger partial charge in [0.05, 0.1) is 19.3 Å². The summed E-state index contributed by atoms with van der Waals surface area (Å²) in [4.78, 5) is 12.0. The van der Waals surface area contributed by atoms with Crippen LogP contribution in [0.15, 0.2) is 18.2 Å². The van der Waals surface area contributed by atoms with Crippen LogP contribution < -0.4 is 9.47 Å². The Morgan fingerprint density at radius 2 is 1.92 bits per heavy atom. The number of aliphatic hydroxyl groups is 4. The molecule has 1 aromatic rings. The highest BCUT2D eigenvalue weighted by molar-refractivity contribution is 5.99. The number of ketones is 1. The second-order valence-corrected chi connectivity index (χ2v) is 5.43. The fraction of sp³-hybridized carbons (Fsp3) is 0.562. The highest BCUT2D eigenvalue weighted by atomic mass is 16.7. The molecule has 0 radical (unpaired) electrons. The fourth-order valence-electron chi connectivity index (χ4n) is 2.52. The van der Waals surface area contributed by atoms with E-state index in [0.717, 1.165) is 0 Å². The van der Waals surface area contributed by atoms with Crippen LogP contribution in [0.5, 0.6) is 11.5 Å². The van der Waals surface area contributed by atoms with Gasteiger partial charge in [0, 0.05) is 6.42 Å². The zero-order valence-electron chi connectivity index (χ0n) is 13.5. The van der Waals surface area contributed by atoms with Crippen LogP contribution >= 0.6 is 0 Å². The van der Waals surface area contributed by atoms with E-state index >= 15 is 0 Å². The summed E-state index contributed by atoms with van der Waals surface area (Å²) < 4.78 is 16.1. The Hall–Kier alpha value is -1.71. The highest BCUT2D eigenvalue weighted by Crippen LogP contribution is 2.34. The Bertz CT molecular complexity index is 573. The number of benzene rings is 1. The van der Waals surface area contributed by atoms with Gasteiger partial charge in [0.2, 0.25) is 6.29 Å². The summed E-state index contributed by atoms with van der Waals surface area (Å²) in [5.74, 6) is 0.175. The number of hydrogen-bond donors (Lipinski definition) is 4. The van der Waals surface area contributed by atoms with Gasteiger partial charge in [-0.25, -0.2) is 0 Å². The number of rotatable bonds is 6. The monoisotopic (exact) mass is 342 g/mol. The maximum absolute atomic E-state index is 12.0. The van der Waals surface area contributed by atoms with Gasteiger partial charge in [-0.15, -0.1) is 0 Å². The van der Waals surface area contributed by atoms with E-state index in [9.17, 15) is 25.2 Å². The van der Waals surface area contributed by atoms with Gasteiger partial charge < -0.3 is 34.6 Å². The van der Waals surface area contributed by atoms with Gasteiger partial charge in [0.25, 0.3) is 0 Å². The van der Waals surface area contributed by atoms with Crippen molar-refractivity contribution in [1.82, 2.24) is 0 Å². The highest BCUT2D eigenvalue weighted by Gasteiger charge is 2.45. The molecule has 4 N–H and O–H groups in total. The summed E-state index contributed by atoms with van der Waals surface area (Å²) in [6.07, 6.45) is -6.72. The summed E-state index contributed by atoms with van der Waals surface area (Å²) in [5.41, 5.74) is 0.321. The molecule has 1 aliphatic heterocycles. The Kier molecular flexibility index (Phi) is 6.14. The van der Waals surface area contributed by atoms with Crippen molar-refractivity contribution in [3.05, 3.63) is 23.8 Å². The van der Waals surface area contributed by atoms with Crippen molar-refractivity contribution in [3.8, 4) is 11.5 Å². The molecule has 8 nitrogen and oxygen atoms in total. The molecule has 1 heterocycles. The molecule has 8 heteroatoms. The quantitative estimate of drug-likeness (QED) is 0.508. The number of hydrogen-bond acceptors (Lipinski definition) is 8. The third-order valence-electron chi connectivity index (χ3n) is 3.90. The van der Waals surface area contributed by atoms with E-state index < -0.39 is 37.3 Å². The molecule has 0 spiro atoms. The van der Waals surface area contributed by atoms with Crippen LogP contribution in [0.25, 0.3) is 0 Å². The second-order valence-electron chi connectivity index (χ2n) is 5.43. The average molecular weight is 342 g/mol. The molecule has 0 bridgehead atoms. The molecule has 1 fully saturated rings. The van der Waals surface area contributed by atoms with E-state index in [1.807, 2.05) is 0 Å². The first kappa shape index (κ1) is 18.6.